The van der Waals surface area contributed by atoms with E-state index in [-0.39, 0.29) is 0 Å². The Kier molecular flexibility index (Phi) is 6.28. The molecular weight excluding hydrogens is 372 g/mol. The number of benzene rings is 2. The molecule has 0 N–H and O–H groups in total. The third kappa shape index (κ3) is 4.39. The van der Waals surface area contributed by atoms with Crippen LogP contribution in [-0.2, 0) is 12.8 Å². The number of fused-ring (bicyclic) bond motifs is 1. The highest BCUT2D eigenvalue weighted by molar-refractivity contribution is 6.33. The summed E-state index contributed by atoms with van der Waals surface area (Å²) in [6.07, 6.45) is 4.58. The Morgan fingerprint density at radius 1 is 0.964 bits per heavy atom. The van der Waals surface area contributed by atoms with Crippen LogP contribution in [0.3, 0.4) is 0 Å². The summed E-state index contributed by atoms with van der Waals surface area (Å²) >= 11 is 6.33. The molecule has 1 aliphatic heterocycles. The first kappa shape index (κ1) is 19.4. The SMILES string of the molecule is COc1cc2c(cc1OCCCN1CCN(c3ccccc3Cl)CC1)CCC2. The minimum absolute atomic E-state index is 0.722. The van der Waals surface area contributed by atoms with Crippen molar-refractivity contribution in [2.45, 2.75) is 25.7 Å². The van der Waals surface area contributed by atoms with Crippen LogP contribution in [0.2, 0.25) is 5.02 Å². The Morgan fingerprint density at radius 2 is 1.68 bits per heavy atom. The lowest BCUT2D eigenvalue weighted by Crippen LogP contribution is -2.46. The van der Waals surface area contributed by atoms with Gasteiger partial charge in [0, 0.05) is 32.7 Å². The van der Waals surface area contributed by atoms with Crippen LogP contribution < -0.4 is 14.4 Å². The molecule has 1 aliphatic carbocycles. The van der Waals surface area contributed by atoms with Crippen molar-refractivity contribution in [3.8, 4) is 11.5 Å². The normalized spacial score (nSPS) is 16.9. The highest BCUT2D eigenvalue weighted by Crippen LogP contribution is 2.35. The van der Waals surface area contributed by atoms with Gasteiger partial charge in [-0.3, -0.25) is 4.90 Å². The molecular formula is C23H29ClN2O2. The molecule has 0 amide bonds. The van der Waals surface area contributed by atoms with Crippen LogP contribution in [0.25, 0.3) is 0 Å². The zero-order valence-corrected chi connectivity index (χ0v) is 17.4. The average Bonchev–Trinajstić information content (AvgIpc) is 3.19. The molecule has 1 fully saturated rings. The van der Waals surface area contributed by atoms with Crippen LogP contribution in [0.15, 0.2) is 36.4 Å². The van der Waals surface area contributed by atoms with Crippen molar-refractivity contribution >= 4 is 17.3 Å². The van der Waals surface area contributed by atoms with E-state index in [1.54, 1.807) is 7.11 Å². The van der Waals surface area contributed by atoms with Crippen LogP contribution in [0.5, 0.6) is 11.5 Å². The first-order valence-corrected chi connectivity index (χ1v) is 10.7. The average molecular weight is 401 g/mol. The number of hydrogen-bond acceptors (Lipinski definition) is 4. The van der Waals surface area contributed by atoms with E-state index in [4.69, 9.17) is 21.1 Å². The summed E-state index contributed by atoms with van der Waals surface area (Å²) in [4.78, 5) is 4.89. The Balaban J connectivity index is 1.22. The van der Waals surface area contributed by atoms with Crippen molar-refractivity contribution in [2.24, 2.45) is 0 Å². The number of nitrogens with zero attached hydrogens (tertiary/aromatic N) is 2. The molecule has 0 aromatic heterocycles. The van der Waals surface area contributed by atoms with E-state index < -0.39 is 0 Å². The molecule has 5 heteroatoms. The van der Waals surface area contributed by atoms with Gasteiger partial charge in [-0.1, -0.05) is 23.7 Å². The van der Waals surface area contributed by atoms with Crippen LogP contribution in [-0.4, -0.2) is 51.3 Å². The number of hydrogen-bond donors (Lipinski definition) is 0. The fourth-order valence-corrected chi connectivity index (χ4v) is 4.50. The smallest absolute Gasteiger partial charge is 0.161 e. The van der Waals surface area contributed by atoms with E-state index in [0.29, 0.717) is 0 Å². The molecule has 0 atom stereocenters. The van der Waals surface area contributed by atoms with Gasteiger partial charge >= 0.3 is 0 Å². The second kappa shape index (κ2) is 9.06. The second-order valence-corrected chi connectivity index (χ2v) is 8.01. The number of halogens is 1. The predicted octanol–water partition coefficient (Wildman–Crippen LogP) is 4.43. The van der Waals surface area contributed by atoms with Gasteiger partial charge in [-0.15, -0.1) is 0 Å². The minimum atomic E-state index is 0.722. The third-order valence-corrected chi connectivity index (χ3v) is 6.14. The Morgan fingerprint density at radius 3 is 2.39 bits per heavy atom. The summed E-state index contributed by atoms with van der Waals surface area (Å²) in [5.41, 5.74) is 3.99. The standard InChI is InChI=1S/C23H29ClN2O2/c1-27-22-16-18-6-4-7-19(18)17-23(22)28-15-5-10-25-11-13-26(14-12-25)21-9-3-2-8-20(21)24/h2-3,8-9,16-17H,4-7,10-15H2,1H3. The van der Waals surface area contributed by atoms with E-state index in [1.807, 2.05) is 12.1 Å². The van der Waals surface area contributed by atoms with Gasteiger partial charge in [-0.25, -0.2) is 0 Å². The van der Waals surface area contributed by atoms with Gasteiger partial charge in [0.15, 0.2) is 11.5 Å². The van der Waals surface area contributed by atoms with Gasteiger partial charge < -0.3 is 14.4 Å². The quantitative estimate of drug-likeness (QED) is 0.642. The van der Waals surface area contributed by atoms with Crippen LogP contribution in [0, 0.1) is 0 Å². The summed E-state index contributed by atoms with van der Waals surface area (Å²) in [5.74, 6) is 1.76. The second-order valence-electron chi connectivity index (χ2n) is 7.61. The monoisotopic (exact) mass is 400 g/mol. The molecule has 150 valence electrons. The molecule has 2 aromatic rings. The lowest BCUT2D eigenvalue weighted by Gasteiger charge is -2.36. The van der Waals surface area contributed by atoms with Crippen LogP contribution in [0.1, 0.15) is 24.0 Å². The van der Waals surface area contributed by atoms with Crippen molar-refractivity contribution in [2.75, 3.05) is 51.3 Å². The van der Waals surface area contributed by atoms with E-state index in [2.05, 4.69) is 34.1 Å². The maximum atomic E-state index is 6.33. The molecule has 1 heterocycles. The predicted molar refractivity (Wildman–Crippen MR) is 115 cm³/mol. The molecule has 0 unspecified atom stereocenters. The Bertz CT molecular complexity index is 803. The fraction of sp³-hybridized carbons (Fsp3) is 0.478. The zero-order valence-electron chi connectivity index (χ0n) is 16.6. The topological polar surface area (TPSA) is 24.9 Å². The maximum Gasteiger partial charge on any atom is 0.161 e. The molecule has 0 radical (unpaired) electrons. The molecule has 2 aliphatic rings. The fourth-order valence-electron chi connectivity index (χ4n) is 4.24. The third-order valence-electron chi connectivity index (χ3n) is 5.82. The molecule has 2 aromatic carbocycles. The largest absolute Gasteiger partial charge is 0.493 e. The van der Waals surface area contributed by atoms with Crippen LogP contribution in [0.4, 0.5) is 5.69 Å². The summed E-state index contributed by atoms with van der Waals surface area (Å²) in [5, 5.41) is 0.840. The van der Waals surface area contributed by atoms with Crippen LogP contribution >= 0.6 is 11.6 Å². The van der Waals surface area contributed by atoms with Gasteiger partial charge in [0.05, 0.1) is 24.4 Å². The van der Waals surface area contributed by atoms with Crippen molar-refractivity contribution in [3.63, 3.8) is 0 Å². The molecule has 4 nitrogen and oxygen atoms in total. The summed E-state index contributed by atoms with van der Waals surface area (Å²) in [6, 6.07) is 12.5. The van der Waals surface area contributed by atoms with E-state index in [0.717, 1.165) is 80.8 Å². The number of piperazine rings is 1. The maximum absolute atomic E-state index is 6.33. The highest BCUT2D eigenvalue weighted by Gasteiger charge is 2.19. The molecule has 1 saturated heterocycles. The van der Waals surface area contributed by atoms with Crippen molar-refractivity contribution < 1.29 is 9.47 Å². The molecule has 0 spiro atoms. The number of aryl methyl sites for hydroxylation is 2. The number of rotatable bonds is 7. The molecule has 0 saturated carbocycles. The van der Waals surface area contributed by atoms with Crippen molar-refractivity contribution in [1.82, 2.24) is 4.90 Å². The number of para-hydroxylation sites is 1. The number of ether oxygens (including phenoxy) is 2. The molecule has 4 rings (SSSR count). The lowest BCUT2D eigenvalue weighted by atomic mass is 10.1. The van der Waals surface area contributed by atoms with E-state index in [1.165, 1.54) is 17.5 Å². The summed E-state index contributed by atoms with van der Waals surface area (Å²) < 4.78 is 11.6. The highest BCUT2D eigenvalue weighted by atomic mass is 35.5. The number of anilines is 1. The zero-order chi connectivity index (χ0) is 19.3. The Labute approximate surface area is 173 Å². The van der Waals surface area contributed by atoms with Gasteiger partial charge in [0.2, 0.25) is 0 Å². The minimum Gasteiger partial charge on any atom is -0.493 e. The van der Waals surface area contributed by atoms with Gasteiger partial charge in [-0.05, 0) is 61.1 Å². The first-order chi connectivity index (χ1) is 13.7. The van der Waals surface area contributed by atoms with E-state index in [9.17, 15) is 0 Å². The Hall–Kier alpha value is -1.91. The van der Waals surface area contributed by atoms with Gasteiger partial charge in [0.25, 0.3) is 0 Å². The van der Waals surface area contributed by atoms with Gasteiger partial charge in [-0.2, -0.15) is 0 Å². The number of methoxy groups -OCH3 is 1. The first-order valence-electron chi connectivity index (χ1n) is 10.3. The lowest BCUT2D eigenvalue weighted by molar-refractivity contribution is 0.221. The summed E-state index contributed by atoms with van der Waals surface area (Å²) in [7, 11) is 1.72. The molecule has 0 bridgehead atoms. The summed E-state index contributed by atoms with van der Waals surface area (Å²) in [6.45, 7) is 5.94. The van der Waals surface area contributed by atoms with Crippen molar-refractivity contribution in [1.29, 1.82) is 0 Å². The molecule has 28 heavy (non-hydrogen) atoms. The van der Waals surface area contributed by atoms with Crippen molar-refractivity contribution in [3.05, 3.63) is 52.5 Å². The van der Waals surface area contributed by atoms with E-state index >= 15 is 0 Å². The van der Waals surface area contributed by atoms with Gasteiger partial charge in [0.1, 0.15) is 0 Å².